The smallest absolute Gasteiger partial charge is 0.236 e. The number of rotatable bonds is 10. The highest BCUT2D eigenvalue weighted by molar-refractivity contribution is 6.13. The lowest BCUT2D eigenvalue weighted by Crippen LogP contribution is -2.44. The third kappa shape index (κ3) is 7.37. The molecule has 0 aliphatic carbocycles. The van der Waals surface area contributed by atoms with Crippen molar-refractivity contribution in [3.63, 3.8) is 0 Å². The molecule has 0 saturated carbocycles. The number of nitrogens with two attached hydrogens (primary N) is 2. The first-order valence-corrected chi connectivity index (χ1v) is 17.2. The third-order valence-electron chi connectivity index (χ3n) is 9.95. The van der Waals surface area contributed by atoms with Crippen LogP contribution in [0.3, 0.4) is 0 Å². The number of piperidine rings is 1. The molecule has 3 aliphatic rings. The quantitative estimate of drug-likeness (QED) is 0.215. The summed E-state index contributed by atoms with van der Waals surface area (Å²) < 4.78 is 5.62. The standard InChI is InChI=1S/C37H46N10O3/c1-24(2)50-31-11-8-28(20-42-31)33(39)34-29(38)9-10-30(44-34)47-19-15-37(36(47)49)14-18-45(22-37)21-32(48)46-16-12-26(13-17-46)25-4-6-27(7-5-25)35(40)43-23-41-3/h4-11,20,23-24,26,39H,12-19,21-22,38H2,1-3H3,(H2,40,41,43)/t37-/m0/s1. The number of carbonyl (C=O) groups excluding carboxylic acids is 2. The van der Waals surface area contributed by atoms with Gasteiger partial charge in [-0.3, -0.25) is 29.8 Å². The lowest BCUT2D eigenvalue weighted by atomic mass is 9.85. The minimum absolute atomic E-state index is 0.0109. The molecule has 1 atom stereocenters. The first-order chi connectivity index (χ1) is 24.1. The first kappa shape index (κ1) is 34.7. The van der Waals surface area contributed by atoms with Gasteiger partial charge >= 0.3 is 0 Å². The number of benzene rings is 1. The normalized spacial score (nSPS) is 20.5. The lowest BCUT2D eigenvalue weighted by Gasteiger charge is -2.33. The summed E-state index contributed by atoms with van der Waals surface area (Å²) in [6.07, 6.45) is 6.17. The van der Waals surface area contributed by atoms with Gasteiger partial charge in [-0.2, -0.15) is 0 Å². The van der Waals surface area contributed by atoms with E-state index in [9.17, 15) is 9.59 Å². The topological polar surface area (TPSA) is 179 Å². The molecule has 2 amide bonds. The average Bonchev–Trinajstić information content (AvgIpc) is 3.68. The van der Waals surface area contributed by atoms with Gasteiger partial charge in [-0.25, -0.2) is 15.0 Å². The van der Waals surface area contributed by atoms with Gasteiger partial charge in [-0.15, -0.1) is 0 Å². The Morgan fingerprint density at radius 1 is 1.06 bits per heavy atom. The van der Waals surface area contributed by atoms with Crippen molar-refractivity contribution < 1.29 is 14.3 Å². The minimum Gasteiger partial charge on any atom is -0.475 e. The molecular weight excluding hydrogens is 632 g/mol. The molecule has 5 N–H and O–H groups in total. The monoisotopic (exact) mass is 678 g/mol. The molecule has 2 aromatic heterocycles. The van der Waals surface area contributed by atoms with Crippen LogP contribution in [0.4, 0.5) is 11.5 Å². The van der Waals surface area contributed by atoms with E-state index >= 15 is 0 Å². The Balaban J connectivity index is 1.03. The molecule has 50 heavy (non-hydrogen) atoms. The van der Waals surface area contributed by atoms with Crippen LogP contribution in [0.5, 0.6) is 5.88 Å². The predicted octanol–water partition coefficient (Wildman–Crippen LogP) is 3.46. The van der Waals surface area contributed by atoms with Gasteiger partial charge in [-0.1, -0.05) is 24.3 Å². The summed E-state index contributed by atoms with van der Waals surface area (Å²) in [5.74, 6) is 1.89. The number of hydrogen-bond acceptors (Lipinski definition) is 9. The van der Waals surface area contributed by atoms with E-state index in [1.54, 1.807) is 42.4 Å². The van der Waals surface area contributed by atoms with Gasteiger partial charge in [-0.05, 0) is 75.8 Å². The number of amides is 2. The summed E-state index contributed by atoms with van der Waals surface area (Å²) in [5.41, 5.74) is 15.2. The first-order valence-electron chi connectivity index (χ1n) is 17.2. The molecule has 0 radical (unpaired) electrons. The van der Waals surface area contributed by atoms with Gasteiger partial charge in [0.15, 0.2) is 0 Å². The summed E-state index contributed by atoms with van der Waals surface area (Å²) >= 11 is 0. The maximum absolute atomic E-state index is 13.9. The van der Waals surface area contributed by atoms with E-state index in [0.717, 1.165) is 18.4 Å². The fourth-order valence-corrected chi connectivity index (χ4v) is 7.17. The zero-order valence-corrected chi connectivity index (χ0v) is 29.0. The second kappa shape index (κ2) is 14.8. The van der Waals surface area contributed by atoms with Crippen LogP contribution >= 0.6 is 0 Å². The van der Waals surface area contributed by atoms with Crippen LogP contribution in [0.25, 0.3) is 0 Å². The number of carbonyl (C=O) groups is 2. The van der Waals surface area contributed by atoms with E-state index in [1.807, 2.05) is 30.9 Å². The molecule has 3 aromatic rings. The van der Waals surface area contributed by atoms with Crippen molar-refractivity contribution in [1.29, 1.82) is 5.41 Å². The fraction of sp³-hybridized carbons (Fsp3) is 0.432. The number of likely N-dealkylation sites (tertiary alicyclic amines) is 2. The largest absolute Gasteiger partial charge is 0.475 e. The van der Waals surface area contributed by atoms with Gasteiger partial charge < -0.3 is 21.1 Å². The molecule has 0 unspecified atom stereocenters. The number of anilines is 2. The molecule has 5 heterocycles. The molecule has 262 valence electrons. The Hall–Kier alpha value is -5.17. The Morgan fingerprint density at radius 3 is 2.46 bits per heavy atom. The number of aliphatic imine (C=N–C) groups is 2. The number of nitrogens with zero attached hydrogens (tertiary/aromatic N) is 7. The van der Waals surface area contributed by atoms with Crippen molar-refractivity contribution in [2.24, 2.45) is 21.1 Å². The maximum atomic E-state index is 13.9. The van der Waals surface area contributed by atoms with Crippen molar-refractivity contribution >= 4 is 41.2 Å². The number of hydrogen-bond donors (Lipinski definition) is 3. The molecule has 3 saturated heterocycles. The number of ether oxygens (including phenoxy) is 1. The van der Waals surface area contributed by atoms with E-state index in [0.29, 0.717) is 92.5 Å². The van der Waals surface area contributed by atoms with Gasteiger partial charge in [0.2, 0.25) is 17.7 Å². The van der Waals surface area contributed by atoms with Crippen LogP contribution in [-0.4, -0.2) is 102 Å². The van der Waals surface area contributed by atoms with Crippen molar-refractivity contribution in [1.82, 2.24) is 19.8 Å². The molecule has 0 bridgehead atoms. The van der Waals surface area contributed by atoms with Crippen LogP contribution in [0.2, 0.25) is 0 Å². The Bertz CT molecular complexity index is 1780. The highest BCUT2D eigenvalue weighted by atomic mass is 16.5. The van der Waals surface area contributed by atoms with E-state index in [-0.39, 0.29) is 23.6 Å². The molecule has 1 spiro atoms. The van der Waals surface area contributed by atoms with Crippen LogP contribution in [0.1, 0.15) is 67.8 Å². The SMILES string of the molecule is CN=CN=C(N)c1ccc(C2CCN(C(=O)CN3CC[C@]4(CCN(c5ccc(N)c(C(=N)c6ccc(OC(C)C)nc6)n5)C4=O)C3)CC2)cc1. The molecule has 13 nitrogen and oxygen atoms in total. The summed E-state index contributed by atoms with van der Waals surface area (Å²) in [5, 5.41) is 8.79. The van der Waals surface area contributed by atoms with Crippen molar-refractivity contribution in [3.8, 4) is 5.88 Å². The van der Waals surface area contributed by atoms with Crippen LogP contribution < -0.4 is 21.1 Å². The number of aromatic nitrogens is 2. The van der Waals surface area contributed by atoms with Crippen LogP contribution in [0.15, 0.2) is 64.7 Å². The number of amidine groups is 1. The van der Waals surface area contributed by atoms with Gasteiger partial charge in [0.25, 0.3) is 0 Å². The zero-order chi connectivity index (χ0) is 35.4. The van der Waals surface area contributed by atoms with E-state index in [4.69, 9.17) is 26.6 Å². The Morgan fingerprint density at radius 2 is 1.78 bits per heavy atom. The van der Waals surface area contributed by atoms with Crippen LogP contribution in [0, 0.1) is 10.8 Å². The molecular formula is C37H46N10O3. The average molecular weight is 679 g/mol. The molecule has 6 rings (SSSR count). The molecule has 1 aromatic carbocycles. The van der Waals surface area contributed by atoms with E-state index in [2.05, 4.69) is 32.0 Å². The van der Waals surface area contributed by atoms with Crippen molar-refractivity contribution in [2.75, 3.05) is 56.9 Å². The van der Waals surface area contributed by atoms with Gasteiger partial charge in [0.05, 0.1) is 29.5 Å². The lowest BCUT2D eigenvalue weighted by molar-refractivity contribution is -0.134. The predicted molar refractivity (Wildman–Crippen MR) is 195 cm³/mol. The summed E-state index contributed by atoms with van der Waals surface area (Å²) in [6, 6.07) is 15.1. The Labute approximate surface area is 293 Å². The number of pyridine rings is 2. The summed E-state index contributed by atoms with van der Waals surface area (Å²) in [7, 11) is 1.65. The Kier molecular flexibility index (Phi) is 10.2. The van der Waals surface area contributed by atoms with Crippen molar-refractivity contribution in [2.45, 2.75) is 51.6 Å². The van der Waals surface area contributed by atoms with Crippen LogP contribution in [-0.2, 0) is 9.59 Å². The highest BCUT2D eigenvalue weighted by Crippen LogP contribution is 2.42. The molecule has 3 fully saturated rings. The summed E-state index contributed by atoms with van der Waals surface area (Å²) in [6.45, 7) is 7.33. The van der Waals surface area contributed by atoms with E-state index in [1.165, 1.54) is 11.9 Å². The zero-order valence-electron chi connectivity index (χ0n) is 29.0. The number of nitrogen functional groups attached to an aromatic ring is 1. The minimum atomic E-state index is -0.552. The molecule has 3 aliphatic heterocycles. The third-order valence-corrected chi connectivity index (χ3v) is 9.95. The fourth-order valence-electron chi connectivity index (χ4n) is 7.17. The highest BCUT2D eigenvalue weighted by Gasteiger charge is 2.51. The second-order valence-electron chi connectivity index (χ2n) is 13.6. The molecule has 13 heteroatoms. The second-order valence-corrected chi connectivity index (χ2v) is 13.6. The maximum Gasteiger partial charge on any atom is 0.236 e. The van der Waals surface area contributed by atoms with Gasteiger partial charge in [0.1, 0.15) is 23.7 Å². The van der Waals surface area contributed by atoms with Gasteiger partial charge in [0, 0.05) is 56.6 Å². The number of nitrogens with one attached hydrogen (secondary N) is 1. The summed E-state index contributed by atoms with van der Waals surface area (Å²) in [4.78, 5) is 50.1. The van der Waals surface area contributed by atoms with E-state index < -0.39 is 5.41 Å². The van der Waals surface area contributed by atoms with Crippen molar-refractivity contribution in [3.05, 3.63) is 77.1 Å².